The van der Waals surface area contributed by atoms with Gasteiger partial charge in [-0.2, -0.15) is 5.10 Å². The average Bonchev–Trinajstić information content (AvgIpc) is 3.18. The second-order valence-electron chi connectivity index (χ2n) is 7.53. The summed E-state index contributed by atoms with van der Waals surface area (Å²) in [6, 6.07) is 10.5. The third-order valence-electron chi connectivity index (χ3n) is 4.87. The fraction of sp³-hybridized carbons (Fsp3) is 0.174. The highest BCUT2D eigenvalue weighted by atomic mass is 19.1. The van der Waals surface area contributed by atoms with Crippen LogP contribution in [-0.2, 0) is 0 Å². The van der Waals surface area contributed by atoms with Gasteiger partial charge in [-0.3, -0.25) is 14.6 Å². The summed E-state index contributed by atoms with van der Waals surface area (Å²) >= 11 is 0. The zero-order chi connectivity index (χ0) is 22.8. The second-order valence-corrected chi connectivity index (χ2v) is 7.53. The number of carbonyl (C=O) groups is 2. The first-order chi connectivity index (χ1) is 15.3. The molecule has 0 atom stereocenters. The van der Waals surface area contributed by atoms with Crippen LogP contribution in [0.5, 0.6) is 0 Å². The Morgan fingerprint density at radius 2 is 1.81 bits per heavy atom. The third-order valence-corrected chi connectivity index (χ3v) is 4.87. The predicted molar refractivity (Wildman–Crippen MR) is 119 cm³/mol. The van der Waals surface area contributed by atoms with Gasteiger partial charge in [0.25, 0.3) is 11.8 Å². The van der Waals surface area contributed by atoms with E-state index in [1.807, 2.05) is 13.8 Å². The summed E-state index contributed by atoms with van der Waals surface area (Å²) in [5, 5.41) is 10.4. The molecule has 9 heteroatoms. The molecule has 0 saturated heterocycles. The highest BCUT2D eigenvalue weighted by Gasteiger charge is 2.18. The number of rotatable bonds is 5. The van der Waals surface area contributed by atoms with Gasteiger partial charge in [-0.25, -0.2) is 14.1 Å². The number of benzene rings is 1. The van der Waals surface area contributed by atoms with E-state index in [1.54, 1.807) is 42.1 Å². The standard InChI is InChI=1S/C23H21FN6O2/c1-13(2)30-21-15(12-26-30)10-17(14(3)27-21)22(31)29-20-11-16(24)7-8-18(20)28-23(32)19-6-4-5-9-25-19/h4-13H,1-3H3,(H,28,32)(H,29,31). The van der Waals surface area contributed by atoms with Crippen LogP contribution >= 0.6 is 0 Å². The monoisotopic (exact) mass is 432 g/mol. The molecule has 0 spiro atoms. The lowest BCUT2D eigenvalue weighted by Gasteiger charge is -2.14. The van der Waals surface area contributed by atoms with Gasteiger partial charge in [0.15, 0.2) is 5.65 Å². The Kier molecular flexibility index (Phi) is 5.63. The first-order valence-corrected chi connectivity index (χ1v) is 10.0. The number of nitrogens with zero attached hydrogens (tertiary/aromatic N) is 4. The summed E-state index contributed by atoms with van der Waals surface area (Å²) in [5.41, 5.74) is 2.08. The first-order valence-electron chi connectivity index (χ1n) is 10.0. The zero-order valence-corrected chi connectivity index (χ0v) is 17.8. The number of aromatic nitrogens is 4. The Labute approximate surface area is 183 Å². The van der Waals surface area contributed by atoms with Crippen molar-refractivity contribution < 1.29 is 14.0 Å². The zero-order valence-electron chi connectivity index (χ0n) is 17.8. The Balaban J connectivity index is 1.63. The maximum absolute atomic E-state index is 13.9. The summed E-state index contributed by atoms with van der Waals surface area (Å²) in [7, 11) is 0. The summed E-state index contributed by atoms with van der Waals surface area (Å²) in [6.07, 6.45) is 3.15. The van der Waals surface area contributed by atoms with Crippen molar-refractivity contribution in [1.82, 2.24) is 19.7 Å². The molecule has 162 valence electrons. The molecule has 4 aromatic rings. The normalized spacial score (nSPS) is 11.0. The van der Waals surface area contributed by atoms with E-state index in [0.29, 0.717) is 16.9 Å². The van der Waals surface area contributed by atoms with Gasteiger partial charge >= 0.3 is 0 Å². The Bertz CT molecular complexity index is 1320. The number of amides is 2. The van der Waals surface area contributed by atoms with Gasteiger partial charge in [0.2, 0.25) is 0 Å². The molecule has 0 unspecified atom stereocenters. The van der Waals surface area contributed by atoms with Crippen LogP contribution in [0.1, 0.15) is 46.4 Å². The Hall–Kier alpha value is -4.14. The van der Waals surface area contributed by atoms with Gasteiger partial charge in [0.05, 0.1) is 28.8 Å². The summed E-state index contributed by atoms with van der Waals surface area (Å²) < 4.78 is 15.7. The van der Waals surface area contributed by atoms with Crippen molar-refractivity contribution in [2.45, 2.75) is 26.8 Å². The van der Waals surface area contributed by atoms with Crippen LogP contribution in [0, 0.1) is 12.7 Å². The van der Waals surface area contributed by atoms with E-state index in [-0.39, 0.29) is 23.1 Å². The topological polar surface area (TPSA) is 102 Å². The van der Waals surface area contributed by atoms with Gasteiger partial charge < -0.3 is 10.6 Å². The third kappa shape index (κ3) is 4.18. The smallest absolute Gasteiger partial charge is 0.274 e. The molecule has 2 amide bonds. The second kappa shape index (κ2) is 8.54. The Morgan fingerprint density at radius 1 is 1.03 bits per heavy atom. The van der Waals surface area contributed by atoms with Gasteiger partial charge in [0, 0.05) is 17.6 Å². The number of anilines is 2. The molecule has 0 aliphatic rings. The van der Waals surface area contributed by atoms with E-state index in [4.69, 9.17) is 0 Å². The predicted octanol–water partition coefficient (Wildman–Crippen LogP) is 4.36. The molecule has 32 heavy (non-hydrogen) atoms. The fourth-order valence-electron chi connectivity index (χ4n) is 3.28. The van der Waals surface area contributed by atoms with Crippen LogP contribution in [0.2, 0.25) is 0 Å². The van der Waals surface area contributed by atoms with Crippen LogP contribution in [0.4, 0.5) is 15.8 Å². The first kappa shape index (κ1) is 21.1. The minimum absolute atomic E-state index is 0.122. The molecule has 0 saturated carbocycles. The average molecular weight is 432 g/mol. The fourth-order valence-corrected chi connectivity index (χ4v) is 3.28. The van der Waals surface area contributed by atoms with Crippen LogP contribution in [0.3, 0.4) is 0 Å². The van der Waals surface area contributed by atoms with Crippen LogP contribution in [0.25, 0.3) is 11.0 Å². The molecule has 0 aliphatic carbocycles. The molecular weight excluding hydrogens is 411 g/mol. The van der Waals surface area contributed by atoms with Crippen LogP contribution < -0.4 is 10.6 Å². The molecule has 0 fully saturated rings. The van der Waals surface area contributed by atoms with Crippen molar-refractivity contribution in [2.75, 3.05) is 10.6 Å². The number of aryl methyl sites for hydroxylation is 1. The van der Waals surface area contributed by atoms with Crippen molar-refractivity contribution in [3.8, 4) is 0 Å². The van der Waals surface area contributed by atoms with E-state index in [2.05, 4.69) is 25.7 Å². The van der Waals surface area contributed by atoms with Gasteiger partial charge in [-0.1, -0.05) is 6.07 Å². The lowest BCUT2D eigenvalue weighted by atomic mass is 10.1. The highest BCUT2D eigenvalue weighted by molar-refractivity contribution is 6.10. The molecule has 0 bridgehead atoms. The molecule has 1 aromatic carbocycles. The van der Waals surface area contributed by atoms with Crippen molar-refractivity contribution in [3.63, 3.8) is 0 Å². The quantitative estimate of drug-likeness (QED) is 0.488. The van der Waals surface area contributed by atoms with Crippen molar-refractivity contribution in [3.05, 3.63) is 77.6 Å². The van der Waals surface area contributed by atoms with E-state index in [0.717, 1.165) is 11.5 Å². The van der Waals surface area contributed by atoms with E-state index in [1.165, 1.54) is 18.3 Å². The number of hydrogen-bond donors (Lipinski definition) is 2. The van der Waals surface area contributed by atoms with Crippen molar-refractivity contribution >= 4 is 34.2 Å². The van der Waals surface area contributed by atoms with Crippen LogP contribution in [0.15, 0.2) is 54.9 Å². The number of fused-ring (bicyclic) bond motifs is 1. The van der Waals surface area contributed by atoms with Crippen molar-refractivity contribution in [1.29, 1.82) is 0 Å². The van der Waals surface area contributed by atoms with Gasteiger partial charge in [-0.15, -0.1) is 0 Å². The van der Waals surface area contributed by atoms with Gasteiger partial charge in [0.1, 0.15) is 11.5 Å². The van der Waals surface area contributed by atoms with Crippen molar-refractivity contribution in [2.24, 2.45) is 0 Å². The maximum atomic E-state index is 13.9. The molecule has 0 aliphatic heterocycles. The molecule has 8 nitrogen and oxygen atoms in total. The largest absolute Gasteiger partial charge is 0.320 e. The molecule has 4 rings (SSSR count). The van der Waals surface area contributed by atoms with E-state index < -0.39 is 17.6 Å². The molecule has 3 aromatic heterocycles. The Morgan fingerprint density at radius 3 is 2.53 bits per heavy atom. The molecule has 0 radical (unpaired) electrons. The number of nitrogens with one attached hydrogen (secondary N) is 2. The summed E-state index contributed by atoms with van der Waals surface area (Å²) in [6.45, 7) is 5.71. The molecule has 2 N–H and O–H groups in total. The van der Waals surface area contributed by atoms with E-state index >= 15 is 0 Å². The SMILES string of the molecule is Cc1nc2c(cnn2C(C)C)cc1C(=O)Nc1cc(F)ccc1NC(=O)c1ccccn1. The van der Waals surface area contributed by atoms with Crippen LogP contribution in [-0.4, -0.2) is 31.6 Å². The molecule has 3 heterocycles. The minimum atomic E-state index is -0.556. The highest BCUT2D eigenvalue weighted by Crippen LogP contribution is 2.25. The number of hydrogen-bond acceptors (Lipinski definition) is 5. The minimum Gasteiger partial charge on any atom is -0.320 e. The maximum Gasteiger partial charge on any atom is 0.274 e. The lowest BCUT2D eigenvalue weighted by Crippen LogP contribution is -2.18. The number of halogens is 1. The number of carbonyl (C=O) groups excluding carboxylic acids is 2. The lowest BCUT2D eigenvalue weighted by molar-refractivity contribution is 0.101. The van der Waals surface area contributed by atoms with Gasteiger partial charge in [-0.05, 0) is 57.2 Å². The summed E-state index contributed by atoms with van der Waals surface area (Å²) in [4.78, 5) is 34.0. The summed E-state index contributed by atoms with van der Waals surface area (Å²) in [5.74, 6) is -1.51. The van der Waals surface area contributed by atoms with E-state index in [9.17, 15) is 14.0 Å². The number of pyridine rings is 2. The molecular formula is C23H21FN6O2.